The van der Waals surface area contributed by atoms with Crippen molar-refractivity contribution in [3.05, 3.63) is 62.9 Å². The van der Waals surface area contributed by atoms with Crippen LogP contribution in [0, 0.1) is 10.1 Å². The van der Waals surface area contributed by atoms with Gasteiger partial charge >= 0.3 is 5.88 Å². The lowest BCUT2D eigenvalue weighted by Gasteiger charge is -2.17. The Labute approximate surface area is 125 Å². The van der Waals surface area contributed by atoms with Crippen molar-refractivity contribution >= 4 is 21.8 Å². The van der Waals surface area contributed by atoms with Crippen LogP contribution in [-0.4, -0.2) is 4.92 Å². The normalized spacial score (nSPS) is 15.7. The second kappa shape index (κ2) is 5.40. The SMILES string of the molecule is O=[N+]([O-])c1ccc(C(Br)c2ccc3c(c2)CCCC3)o1. The van der Waals surface area contributed by atoms with Crippen molar-refractivity contribution in [3.8, 4) is 0 Å². The largest absolute Gasteiger partial charge is 0.433 e. The maximum Gasteiger partial charge on any atom is 0.433 e. The van der Waals surface area contributed by atoms with Crippen molar-refractivity contribution in [2.45, 2.75) is 30.5 Å². The molecule has 0 aliphatic heterocycles. The van der Waals surface area contributed by atoms with Crippen LogP contribution in [0.3, 0.4) is 0 Å². The van der Waals surface area contributed by atoms with E-state index < -0.39 is 4.92 Å². The smallest absolute Gasteiger partial charge is 0.404 e. The number of fused-ring (bicyclic) bond motifs is 1. The molecule has 0 radical (unpaired) electrons. The molecule has 1 aromatic carbocycles. The van der Waals surface area contributed by atoms with E-state index in [2.05, 4.69) is 34.1 Å². The number of halogens is 1. The fourth-order valence-corrected chi connectivity index (χ4v) is 3.18. The number of nitrogens with zero attached hydrogens (tertiary/aromatic N) is 1. The third-order valence-electron chi connectivity index (χ3n) is 3.71. The Morgan fingerprint density at radius 2 is 1.90 bits per heavy atom. The highest BCUT2D eigenvalue weighted by molar-refractivity contribution is 9.09. The number of aryl methyl sites for hydroxylation is 2. The van der Waals surface area contributed by atoms with Gasteiger partial charge in [0.2, 0.25) is 0 Å². The summed E-state index contributed by atoms with van der Waals surface area (Å²) in [5.74, 6) is 0.342. The summed E-state index contributed by atoms with van der Waals surface area (Å²) in [6, 6.07) is 9.45. The molecular weight excluding hydrogens is 322 g/mol. The van der Waals surface area contributed by atoms with Gasteiger partial charge in [0, 0.05) is 0 Å². The maximum absolute atomic E-state index is 10.7. The molecule has 1 heterocycles. The minimum absolute atomic E-state index is 0.150. The minimum Gasteiger partial charge on any atom is -0.404 e. The average molecular weight is 336 g/mol. The summed E-state index contributed by atoms with van der Waals surface area (Å²) < 4.78 is 5.26. The van der Waals surface area contributed by atoms with E-state index in [9.17, 15) is 10.1 Å². The van der Waals surface area contributed by atoms with Gasteiger partial charge in [0.15, 0.2) is 0 Å². The van der Waals surface area contributed by atoms with E-state index in [-0.39, 0.29) is 10.7 Å². The van der Waals surface area contributed by atoms with E-state index in [1.54, 1.807) is 6.07 Å². The highest BCUT2D eigenvalue weighted by Crippen LogP contribution is 2.35. The molecule has 0 saturated heterocycles. The first kappa shape index (κ1) is 13.4. The van der Waals surface area contributed by atoms with Crippen molar-refractivity contribution in [1.29, 1.82) is 0 Å². The number of hydrogen-bond donors (Lipinski definition) is 0. The molecule has 0 spiro atoms. The molecule has 4 nitrogen and oxygen atoms in total. The quantitative estimate of drug-likeness (QED) is 0.469. The summed E-state index contributed by atoms with van der Waals surface area (Å²) in [6.07, 6.45) is 4.75. The van der Waals surface area contributed by atoms with Gasteiger partial charge < -0.3 is 4.42 Å². The summed E-state index contributed by atoms with van der Waals surface area (Å²) in [4.78, 5) is 9.99. The van der Waals surface area contributed by atoms with Gasteiger partial charge in [-0.05, 0) is 48.4 Å². The van der Waals surface area contributed by atoms with Gasteiger partial charge in [-0.1, -0.05) is 34.1 Å². The lowest BCUT2D eigenvalue weighted by atomic mass is 9.90. The lowest BCUT2D eigenvalue weighted by Crippen LogP contribution is -2.04. The third kappa shape index (κ3) is 2.50. The molecule has 1 aliphatic rings. The van der Waals surface area contributed by atoms with Crippen molar-refractivity contribution in [3.63, 3.8) is 0 Å². The van der Waals surface area contributed by atoms with E-state index in [4.69, 9.17) is 4.42 Å². The van der Waals surface area contributed by atoms with Crippen LogP contribution in [0.15, 0.2) is 34.7 Å². The molecule has 0 saturated carbocycles. The number of benzene rings is 1. The number of furan rings is 1. The fourth-order valence-electron chi connectivity index (χ4n) is 2.65. The van der Waals surface area contributed by atoms with E-state index in [1.165, 1.54) is 30.0 Å². The standard InChI is InChI=1S/C15H14BrNO3/c16-15(13-7-8-14(20-13)17(18)19)12-6-5-10-3-1-2-4-11(10)9-12/h5-9,15H,1-4H2. The molecule has 0 bridgehead atoms. The van der Waals surface area contributed by atoms with Crippen LogP contribution in [-0.2, 0) is 12.8 Å². The van der Waals surface area contributed by atoms with Crippen molar-refractivity contribution < 1.29 is 9.34 Å². The second-order valence-electron chi connectivity index (χ2n) is 5.03. The molecule has 0 N–H and O–H groups in total. The average Bonchev–Trinajstić information content (AvgIpc) is 2.96. The van der Waals surface area contributed by atoms with Gasteiger partial charge in [0.1, 0.15) is 10.7 Å². The minimum atomic E-state index is -0.518. The Hall–Kier alpha value is -1.62. The number of hydrogen-bond acceptors (Lipinski definition) is 3. The van der Waals surface area contributed by atoms with Gasteiger partial charge in [0.25, 0.3) is 0 Å². The van der Waals surface area contributed by atoms with Crippen LogP contribution in [0.25, 0.3) is 0 Å². The summed E-state index contributed by atoms with van der Waals surface area (Å²) in [5.41, 5.74) is 3.89. The lowest BCUT2D eigenvalue weighted by molar-refractivity contribution is -0.402. The molecule has 5 heteroatoms. The van der Waals surface area contributed by atoms with Gasteiger partial charge in [0.05, 0.1) is 10.9 Å². The number of alkyl halides is 1. The van der Waals surface area contributed by atoms with Gasteiger partial charge in [-0.3, -0.25) is 10.1 Å². The molecular formula is C15H14BrNO3. The van der Waals surface area contributed by atoms with E-state index in [0.717, 1.165) is 18.4 Å². The highest BCUT2D eigenvalue weighted by atomic mass is 79.9. The molecule has 2 aromatic rings. The Kier molecular flexibility index (Phi) is 3.61. The zero-order valence-corrected chi connectivity index (χ0v) is 12.4. The Bertz CT molecular complexity index is 650. The topological polar surface area (TPSA) is 56.3 Å². The second-order valence-corrected chi connectivity index (χ2v) is 5.95. The van der Waals surface area contributed by atoms with Crippen molar-refractivity contribution in [2.24, 2.45) is 0 Å². The van der Waals surface area contributed by atoms with Crippen molar-refractivity contribution in [1.82, 2.24) is 0 Å². The molecule has 104 valence electrons. The monoisotopic (exact) mass is 335 g/mol. The van der Waals surface area contributed by atoms with Crippen LogP contribution < -0.4 is 0 Å². The van der Waals surface area contributed by atoms with Crippen LogP contribution in [0.5, 0.6) is 0 Å². The first-order chi connectivity index (χ1) is 9.65. The van der Waals surface area contributed by atoms with E-state index in [1.807, 2.05) is 0 Å². The maximum atomic E-state index is 10.7. The summed E-state index contributed by atoms with van der Waals surface area (Å²) in [5, 5.41) is 10.7. The van der Waals surface area contributed by atoms with E-state index >= 15 is 0 Å². The molecule has 3 rings (SSSR count). The predicted molar refractivity (Wildman–Crippen MR) is 79.2 cm³/mol. The van der Waals surface area contributed by atoms with E-state index in [0.29, 0.717) is 5.76 Å². The molecule has 1 aliphatic carbocycles. The summed E-state index contributed by atoms with van der Waals surface area (Å²) in [7, 11) is 0. The van der Waals surface area contributed by atoms with Crippen LogP contribution in [0.1, 0.15) is 40.1 Å². The third-order valence-corrected chi connectivity index (χ3v) is 4.69. The van der Waals surface area contributed by atoms with Crippen molar-refractivity contribution in [2.75, 3.05) is 0 Å². The molecule has 20 heavy (non-hydrogen) atoms. The first-order valence-corrected chi connectivity index (χ1v) is 7.56. The predicted octanol–water partition coefficient (Wildman–Crippen LogP) is 4.55. The highest BCUT2D eigenvalue weighted by Gasteiger charge is 2.20. The van der Waals surface area contributed by atoms with Crippen LogP contribution >= 0.6 is 15.9 Å². The zero-order valence-electron chi connectivity index (χ0n) is 10.8. The fraction of sp³-hybridized carbons (Fsp3) is 0.333. The van der Waals surface area contributed by atoms with Gasteiger partial charge in [-0.25, -0.2) is 0 Å². The van der Waals surface area contributed by atoms with Crippen LogP contribution in [0.4, 0.5) is 5.88 Å². The number of nitro groups is 1. The Balaban J connectivity index is 1.89. The molecule has 1 aromatic heterocycles. The summed E-state index contributed by atoms with van der Waals surface area (Å²) >= 11 is 3.57. The molecule has 1 atom stereocenters. The molecule has 1 unspecified atom stereocenters. The molecule has 0 amide bonds. The number of rotatable bonds is 3. The first-order valence-electron chi connectivity index (χ1n) is 6.65. The van der Waals surface area contributed by atoms with Crippen LogP contribution in [0.2, 0.25) is 0 Å². The van der Waals surface area contributed by atoms with Gasteiger partial charge in [-0.15, -0.1) is 0 Å². The molecule has 0 fully saturated rings. The summed E-state index contributed by atoms with van der Waals surface area (Å²) in [6.45, 7) is 0. The zero-order chi connectivity index (χ0) is 14.1. The Morgan fingerprint density at radius 3 is 2.60 bits per heavy atom. The van der Waals surface area contributed by atoms with Gasteiger partial charge in [-0.2, -0.15) is 0 Å². The Morgan fingerprint density at radius 1 is 1.15 bits per heavy atom.